The zero-order valence-corrected chi connectivity index (χ0v) is 5.10. The van der Waals surface area contributed by atoms with Crippen LogP contribution in [0.25, 0.3) is 0 Å². The standard InChI is InChI=1S/C6H9O2/c1-5(2)8-4-6(3)7/h4H,1H2,2-3H3. The quantitative estimate of drug-likeness (QED) is 0.502. The average Bonchev–Trinajstić information content (AvgIpc) is 1.61. The highest BCUT2D eigenvalue weighted by Crippen LogP contribution is 1.93. The molecule has 0 saturated heterocycles. The molecule has 0 bridgehead atoms. The molecule has 0 amide bonds. The average molecular weight is 113 g/mol. The summed E-state index contributed by atoms with van der Waals surface area (Å²) in [5.74, 6) is 0.424. The molecule has 0 aromatic rings. The van der Waals surface area contributed by atoms with Crippen LogP contribution in [-0.2, 0) is 9.84 Å². The molecule has 0 spiro atoms. The predicted octanol–water partition coefficient (Wildman–Crippen LogP) is 1.83. The van der Waals surface area contributed by atoms with Crippen LogP contribution in [0, 0.1) is 0 Å². The number of hydrogen-bond donors (Lipinski definition) is 0. The molecule has 0 atom stereocenters. The van der Waals surface area contributed by atoms with Gasteiger partial charge in [0.15, 0.2) is 5.76 Å². The van der Waals surface area contributed by atoms with Crippen LogP contribution in [-0.4, -0.2) is 0 Å². The van der Waals surface area contributed by atoms with Crippen LogP contribution in [0.4, 0.5) is 0 Å². The number of ether oxygens (including phenoxy) is 1. The maximum atomic E-state index is 10.1. The summed E-state index contributed by atoms with van der Waals surface area (Å²) in [4.78, 5) is 0. The minimum Gasteiger partial charge on any atom is -0.467 e. The molecular weight excluding hydrogens is 104 g/mol. The summed E-state index contributed by atoms with van der Waals surface area (Å²) in [7, 11) is 0. The van der Waals surface area contributed by atoms with Crippen molar-refractivity contribution < 1.29 is 9.84 Å². The van der Waals surface area contributed by atoms with Gasteiger partial charge in [0.25, 0.3) is 0 Å². The maximum absolute atomic E-state index is 10.1. The Balaban J connectivity index is 3.45. The Bertz CT molecular complexity index is 110. The molecule has 2 nitrogen and oxygen atoms in total. The van der Waals surface area contributed by atoms with E-state index in [2.05, 4.69) is 11.3 Å². The third kappa shape index (κ3) is 5.08. The van der Waals surface area contributed by atoms with Gasteiger partial charge in [0, 0.05) is 6.92 Å². The van der Waals surface area contributed by atoms with Crippen LogP contribution in [0.1, 0.15) is 13.8 Å². The fraction of sp³-hybridized carbons (Fsp3) is 0.333. The Hall–Kier alpha value is -0.920. The van der Waals surface area contributed by atoms with Crippen LogP contribution in [0.3, 0.4) is 0 Å². The second-order valence-electron chi connectivity index (χ2n) is 1.55. The Morgan fingerprint density at radius 1 is 1.62 bits per heavy atom. The Morgan fingerprint density at radius 2 is 2.12 bits per heavy atom. The Kier molecular flexibility index (Phi) is 2.77. The highest BCUT2D eigenvalue weighted by Gasteiger charge is 1.82. The van der Waals surface area contributed by atoms with Crippen molar-refractivity contribution in [2.24, 2.45) is 0 Å². The molecule has 0 N–H and O–H groups in total. The third-order valence-corrected chi connectivity index (χ3v) is 0.426. The van der Waals surface area contributed by atoms with Gasteiger partial charge in [-0.1, -0.05) is 6.58 Å². The van der Waals surface area contributed by atoms with Crippen molar-refractivity contribution in [3.05, 3.63) is 24.4 Å². The minimum atomic E-state index is -0.104. The van der Waals surface area contributed by atoms with E-state index >= 15 is 0 Å². The minimum absolute atomic E-state index is 0.104. The Morgan fingerprint density at radius 3 is 2.25 bits per heavy atom. The first-order valence-corrected chi connectivity index (χ1v) is 2.29. The number of allylic oxidation sites excluding steroid dienone is 2. The molecule has 2 heteroatoms. The molecule has 8 heavy (non-hydrogen) atoms. The van der Waals surface area contributed by atoms with Crippen molar-refractivity contribution in [3.8, 4) is 0 Å². The van der Waals surface area contributed by atoms with Crippen LogP contribution in [0.5, 0.6) is 0 Å². The van der Waals surface area contributed by atoms with E-state index < -0.39 is 0 Å². The third-order valence-electron chi connectivity index (χ3n) is 0.426. The first-order chi connectivity index (χ1) is 3.63. The van der Waals surface area contributed by atoms with Crippen LogP contribution in [0.2, 0.25) is 0 Å². The van der Waals surface area contributed by atoms with Crippen molar-refractivity contribution >= 4 is 0 Å². The number of hydrogen-bond acceptors (Lipinski definition) is 1. The lowest BCUT2D eigenvalue weighted by atomic mass is 10.6. The van der Waals surface area contributed by atoms with E-state index in [9.17, 15) is 5.11 Å². The normalized spacial score (nSPS) is 11.0. The van der Waals surface area contributed by atoms with Gasteiger partial charge >= 0.3 is 0 Å². The second-order valence-corrected chi connectivity index (χ2v) is 1.55. The summed E-state index contributed by atoms with van der Waals surface area (Å²) >= 11 is 0. The van der Waals surface area contributed by atoms with E-state index in [-0.39, 0.29) is 5.76 Å². The number of rotatable bonds is 2. The highest BCUT2D eigenvalue weighted by molar-refractivity contribution is 4.84. The molecule has 0 rings (SSSR count). The van der Waals surface area contributed by atoms with Crippen molar-refractivity contribution in [3.63, 3.8) is 0 Å². The fourth-order valence-electron chi connectivity index (χ4n) is 0.184. The molecule has 0 aromatic carbocycles. The molecule has 0 unspecified atom stereocenters. The maximum Gasteiger partial charge on any atom is 0.187 e. The summed E-state index contributed by atoms with van der Waals surface area (Å²) in [6, 6.07) is 0. The lowest BCUT2D eigenvalue weighted by Crippen LogP contribution is -1.75. The fourth-order valence-corrected chi connectivity index (χ4v) is 0.184. The molecule has 0 aliphatic heterocycles. The zero-order chi connectivity index (χ0) is 6.57. The van der Waals surface area contributed by atoms with E-state index in [4.69, 9.17) is 0 Å². The van der Waals surface area contributed by atoms with Gasteiger partial charge in [-0.2, -0.15) is 0 Å². The summed E-state index contributed by atoms with van der Waals surface area (Å²) in [6.07, 6.45) is 1.13. The summed E-state index contributed by atoms with van der Waals surface area (Å²) in [5.41, 5.74) is 0. The van der Waals surface area contributed by atoms with Gasteiger partial charge in [-0.05, 0) is 6.92 Å². The lowest BCUT2D eigenvalue weighted by Gasteiger charge is -1.92. The van der Waals surface area contributed by atoms with E-state index in [1.54, 1.807) is 6.92 Å². The first kappa shape index (κ1) is 7.08. The first-order valence-electron chi connectivity index (χ1n) is 2.29. The largest absolute Gasteiger partial charge is 0.467 e. The van der Waals surface area contributed by atoms with Crippen LogP contribution in [0.15, 0.2) is 24.4 Å². The van der Waals surface area contributed by atoms with E-state index in [0.29, 0.717) is 5.76 Å². The van der Waals surface area contributed by atoms with Crippen molar-refractivity contribution in [2.75, 3.05) is 0 Å². The van der Waals surface area contributed by atoms with E-state index in [1.807, 2.05) is 0 Å². The molecule has 0 heterocycles. The SMILES string of the molecule is C=C(C)OC=C(C)[O]. The molecule has 0 aliphatic rings. The molecule has 0 fully saturated rings. The van der Waals surface area contributed by atoms with Gasteiger partial charge in [-0.15, -0.1) is 0 Å². The molecule has 1 radical (unpaired) electrons. The lowest BCUT2D eigenvalue weighted by molar-refractivity contribution is 0.258. The van der Waals surface area contributed by atoms with Crippen molar-refractivity contribution in [1.29, 1.82) is 0 Å². The van der Waals surface area contributed by atoms with E-state index in [0.717, 1.165) is 6.26 Å². The summed E-state index contributed by atoms with van der Waals surface area (Å²) < 4.78 is 4.63. The summed E-state index contributed by atoms with van der Waals surface area (Å²) in [6.45, 7) is 6.52. The van der Waals surface area contributed by atoms with Gasteiger partial charge in [0.05, 0.1) is 5.76 Å². The molecule has 45 valence electrons. The van der Waals surface area contributed by atoms with Gasteiger partial charge in [0.1, 0.15) is 6.26 Å². The van der Waals surface area contributed by atoms with Gasteiger partial charge in [0.2, 0.25) is 0 Å². The van der Waals surface area contributed by atoms with Crippen LogP contribution >= 0.6 is 0 Å². The van der Waals surface area contributed by atoms with Gasteiger partial charge < -0.3 is 4.74 Å². The van der Waals surface area contributed by atoms with Crippen molar-refractivity contribution in [2.45, 2.75) is 13.8 Å². The van der Waals surface area contributed by atoms with E-state index in [1.165, 1.54) is 6.92 Å². The second kappa shape index (κ2) is 3.13. The summed E-state index contributed by atoms with van der Waals surface area (Å²) in [5, 5.41) is 10.1. The monoisotopic (exact) mass is 113 g/mol. The molecule has 0 aliphatic carbocycles. The molecule has 0 aromatic heterocycles. The molecule has 0 saturated carbocycles. The molecular formula is C6H9O2. The van der Waals surface area contributed by atoms with Gasteiger partial charge in [-0.25, -0.2) is 0 Å². The predicted molar refractivity (Wildman–Crippen MR) is 30.3 cm³/mol. The van der Waals surface area contributed by atoms with Crippen molar-refractivity contribution in [1.82, 2.24) is 0 Å². The zero-order valence-electron chi connectivity index (χ0n) is 5.10. The Labute approximate surface area is 49.1 Å². The highest BCUT2D eigenvalue weighted by atomic mass is 16.5. The topological polar surface area (TPSA) is 29.1 Å². The van der Waals surface area contributed by atoms with Gasteiger partial charge in [-0.3, -0.25) is 5.11 Å². The van der Waals surface area contributed by atoms with Crippen LogP contribution < -0.4 is 0 Å². The smallest absolute Gasteiger partial charge is 0.187 e.